The number of rotatable bonds is 5. The van der Waals surface area contributed by atoms with Crippen LogP contribution in [0.1, 0.15) is 46.1 Å². The molecule has 0 saturated carbocycles. The van der Waals surface area contributed by atoms with E-state index in [-0.39, 0.29) is 16.7 Å². The molecule has 0 radical (unpaired) electrons. The highest BCUT2D eigenvalue weighted by Crippen LogP contribution is 2.28. The molecular weight excluding hydrogens is 344 g/mol. The van der Waals surface area contributed by atoms with Gasteiger partial charge >= 0.3 is 0 Å². The van der Waals surface area contributed by atoms with Gasteiger partial charge in [0.2, 0.25) is 0 Å². The first-order chi connectivity index (χ1) is 11.4. The fourth-order valence-corrected chi connectivity index (χ4v) is 3.63. The third-order valence-electron chi connectivity index (χ3n) is 4.04. The van der Waals surface area contributed by atoms with Crippen LogP contribution in [0, 0.1) is 5.21 Å². The van der Waals surface area contributed by atoms with Gasteiger partial charge in [-0.2, -0.15) is 4.73 Å². The quantitative estimate of drug-likeness (QED) is 0.592. The first-order valence-electron chi connectivity index (χ1n) is 7.78. The van der Waals surface area contributed by atoms with Crippen LogP contribution >= 0.6 is 0 Å². The molecule has 136 valence electrons. The average Bonchev–Trinajstić information content (AvgIpc) is 2.95. The molecule has 0 spiro atoms. The lowest BCUT2D eigenvalue weighted by Crippen LogP contribution is -2.42. The number of hydrogen-bond acceptors (Lipinski definition) is 6. The first kappa shape index (κ1) is 19.1. The standard InChI is InChI=1S/C17H22N2O5S/c1-16(2,3)15-10-12(18-24-15)9-14(20)17(4,5)25(22,23)13-7-6-8-19(21)11-13/h6-8,10-11H,9H2,1-5H3. The lowest BCUT2D eigenvalue weighted by atomic mass is 9.92. The van der Waals surface area contributed by atoms with Crippen LogP contribution in [0.4, 0.5) is 0 Å². The van der Waals surface area contributed by atoms with Crippen molar-refractivity contribution in [2.75, 3.05) is 0 Å². The van der Waals surface area contributed by atoms with Crippen LogP contribution in [0.5, 0.6) is 0 Å². The molecule has 0 N–H and O–H groups in total. The van der Waals surface area contributed by atoms with Crippen LogP contribution in [-0.4, -0.2) is 24.1 Å². The minimum Gasteiger partial charge on any atom is -0.619 e. The highest BCUT2D eigenvalue weighted by atomic mass is 32.2. The Hall–Kier alpha value is -2.22. The number of sulfone groups is 1. The lowest BCUT2D eigenvalue weighted by molar-refractivity contribution is -0.607. The molecule has 0 aliphatic rings. The van der Waals surface area contributed by atoms with Crippen LogP contribution in [0.15, 0.2) is 40.0 Å². The van der Waals surface area contributed by atoms with Gasteiger partial charge < -0.3 is 9.73 Å². The topological polar surface area (TPSA) is 104 Å². The summed E-state index contributed by atoms with van der Waals surface area (Å²) in [6.45, 7) is 8.50. The largest absolute Gasteiger partial charge is 0.619 e. The molecule has 0 bridgehead atoms. The van der Waals surface area contributed by atoms with Crippen molar-refractivity contribution < 1.29 is 22.5 Å². The van der Waals surface area contributed by atoms with E-state index in [1.54, 1.807) is 6.07 Å². The monoisotopic (exact) mass is 366 g/mol. The van der Waals surface area contributed by atoms with Crippen LogP contribution in [0.3, 0.4) is 0 Å². The van der Waals surface area contributed by atoms with Crippen molar-refractivity contribution >= 4 is 15.6 Å². The Morgan fingerprint density at radius 2 is 1.92 bits per heavy atom. The molecule has 2 aromatic rings. The maximum atomic E-state index is 12.8. The molecule has 0 amide bonds. The molecule has 0 aliphatic heterocycles. The lowest BCUT2D eigenvalue weighted by Gasteiger charge is -2.22. The minimum atomic E-state index is -4.03. The van der Waals surface area contributed by atoms with Crippen LogP contribution in [0.25, 0.3) is 0 Å². The highest BCUT2D eigenvalue weighted by molar-refractivity contribution is 7.93. The first-order valence-corrected chi connectivity index (χ1v) is 9.27. The summed E-state index contributed by atoms with van der Waals surface area (Å²) < 4.78 is 29.5. The number of ketones is 1. The van der Waals surface area contributed by atoms with E-state index in [4.69, 9.17) is 4.52 Å². The molecule has 0 aromatic carbocycles. The number of hydrogen-bond donors (Lipinski definition) is 0. The van der Waals surface area contributed by atoms with Crippen molar-refractivity contribution in [2.45, 2.75) is 56.1 Å². The van der Waals surface area contributed by atoms with Crippen LogP contribution < -0.4 is 4.73 Å². The van der Waals surface area contributed by atoms with Crippen molar-refractivity contribution in [1.82, 2.24) is 5.16 Å². The van der Waals surface area contributed by atoms with Crippen molar-refractivity contribution in [3.8, 4) is 0 Å². The Bertz CT molecular complexity index is 892. The molecule has 0 saturated heterocycles. The Balaban J connectivity index is 2.29. The van der Waals surface area contributed by atoms with Gasteiger partial charge in [0.1, 0.15) is 15.4 Å². The second-order valence-corrected chi connectivity index (χ2v) is 9.94. The number of pyridine rings is 1. The summed E-state index contributed by atoms with van der Waals surface area (Å²) in [5.74, 6) is 0.0916. The van der Waals surface area contributed by atoms with Crippen LogP contribution in [-0.2, 0) is 26.5 Å². The van der Waals surface area contributed by atoms with Gasteiger partial charge in [0.05, 0.1) is 12.1 Å². The summed E-state index contributed by atoms with van der Waals surface area (Å²) in [5, 5.41) is 15.2. The van der Waals surface area contributed by atoms with E-state index in [0.29, 0.717) is 16.2 Å². The van der Waals surface area contributed by atoms with E-state index in [9.17, 15) is 18.4 Å². The van der Waals surface area contributed by atoms with Crippen LogP contribution in [0.2, 0.25) is 0 Å². The predicted octanol–water partition coefficient (Wildman–Crippen LogP) is 1.97. The Morgan fingerprint density at radius 3 is 2.44 bits per heavy atom. The van der Waals surface area contributed by atoms with Crippen molar-refractivity contribution in [3.05, 3.63) is 47.3 Å². The van der Waals surface area contributed by atoms with Gasteiger partial charge in [-0.15, -0.1) is 0 Å². The zero-order valence-electron chi connectivity index (χ0n) is 14.9. The van der Waals surface area contributed by atoms with Crippen molar-refractivity contribution in [2.24, 2.45) is 0 Å². The fraction of sp³-hybridized carbons (Fsp3) is 0.471. The van der Waals surface area contributed by atoms with E-state index in [1.165, 1.54) is 32.2 Å². The number of nitrogens with zero attached hydrogens (tertiary/aromatic N) is 2. The van der Waals surface area contributed by atoms with Crippen molar-refractivity contribution in [3.63, 3.8) is 0 Å². The summed E-state index contributed by atoms with van der Waals surface area (Å²) in [5.41, 5.74) is 0.118. The molecule has 2 rings (SSSR count). The van der Waals surface area contributed by atoms with E-state index >= 15 is 0 Å². The van der Waals surface area contributed by atoms with E-state index in [0.717, 1.165) is 6.20 Å². The Morgan fingerprint density at radius 1 is 1.28 bits per heavy atom. The predicted molar refractivity (Wildman–Crippen MR) is 90.6 cm³/mol. The van der Waals surface area contributed by atoms with E-state index in [1.807, 2.05) is 20.8 Å². The summed E-state index contributed by atoms with van der Waals surface area (Å²) in [6.07, 6.45) is 1.95. The average molecular weight is 366 g/mol. The molecule has 0 aliphatic carbocycles. The third-order valence-corrected chi connectivity index (χ3v) is 6.47. The zero-order valence-corrected chi connectivity index (χ0v) is 15.8. The normalized spacial score (nSPS) is 13.0. The summed E-state index contributed by atoms with van der Waals surface area (Å²) in [4.78, 5) is 12.5. The molecule has 0 atom stereocenters. The summed E-state index contributed by atoms with van der Waals surface area (Å²) in [6, 6.07) is 4.29. The Kier molecular flexibility index (Phi) is 4.78. The molecule has 7 nitrogen and oxygen atoms in total. The Labute approximate surface area is 147 Å². The molecule has 25 heavy (non-hydrogen) atoms. The van der Waals surface area contributed by atoms with Gasteiger partial charge in [0.15, 0.2) is 28.0 Å². The van der Waals surface area contributed by atoms with E-state index < -0.39 is 20.4 Å². The van der Waals surface area contributed by atoms with Gasteiger partial charge in [0, 0.05) is 17.5 Å². The van der Waals surface area contributed by atoms with Gasteiger partial charge in [0.25, 0.3) is 0 Å². The van der Waals surface area contributed by atoms with Gasteiger partial charge in [-0.05, 0) is 19.9 Å². The van der Waals surface area contributed by atoms with Gasteiger partial charge in [-0.1, -0.05) is 25.9 Å². The van der Waals surface area contributed by atoms with Gasteiger partial charge in [-0.25, -0.2) is 8.42 Å². The molecule has 2 heterocycles. The number of carbonyl (C=O) groups is 1. The second kappa shape index (κ2) is 6.25. The maximum absolute atomic E-state index is 12.8. The minimum absolute atomic E-state index is 0.171. The second-order valence-electron chi connectivity index (χ2n) is 7.45. The summed E-state index contributed by atoms with van der Waals surface area (Å²) >= 11 is 0. The maximum Gasteiger partial charge on any atom is 0.199 e. The third kappa shape index (κ3) is 3.73. The molecule has 0 unspecified atom stereocenters. The number of aromatic nitrogens is 2. The zero-order chi connectivity index (χ0) is 19.0. The van der Waals surface area contributed by atoms with Crippen molar-refractivity contribution in [1.29, 1.82) is 0 Å². The fourth-order valence-electron chi connectivity index (χ4n) is 2.16. The number of carbonyl (C=O) groups excluding carboxylic acids is 1. The summed E-state index contributed by atoms with van der Waals surface area (Å²) in [7, 11) is -4.03. The van der Waals surface area contributed by atoms with Gasteiger partial charge in [-0.3, -0.25) is 4.79 Å². The molecule has 8 heteroatoms. The smallest absolute Gasteiger partial charge is 0.199 e. The highest BCUT2D eigenvalue weighted by Gasteiger charge is 2.43. The number of Topliss-reactive ketones (excluding diaryl/α,β-unsaturated/α-hetero) is 1. The SMILES string of the molecule is CC(C)(C)c1cc(CC(=O)C(C)(C)S(=O)(=O)c2ccc[n+]([O-])c2)no1. The molecular formula is C17H22N2O5S. The van der Waals surface area contributed by atoms with E-state index in [2.05, 4.69) is 5.16 Å². The molecule has 0 fully saturated rings. The molecule has 2 aromatic heterocycles.